The summed E-state index contributed by atoms with van der Waals surface area (Å²) in [5.41, 5.74) is 1.83. The maximum Gasteiger partial charge on any atom is 0.128 e. The van der Waals surface area contributed by atoms with E-state index in [1.54, 1.807) is 0 Å². The first-order chi connectivity index (χ1) is 14.6. The van der Waals surface area contributed by atoms with Crippen LogP contribution in [0.15, 0.2) is 42.5 Å². The summed E-state index contributed by atoms with van der Waals surface area (Å²) in [5, 5.41) is 22.0. The Balaban J connectivity index is 1.59. The lowest BCUT2D eigenvalue weighted by molar-refractivity contribution is -0.143. The number of piperidine rings is 3. The fourth-order valence-electron chi connectivity index (χ4n) is 5.60. The average molecular weight is 404 g/mol. The largest absolute Gasteiger partial charge is 0.391 e. The number of pyridine rings is 1. The van der Waals surface area contributed by atoms with E-state index >= 15 is 0 Å². The van der Waals surface area contributed by atoms with Crippen molar-refractivity contribution in [2.45, 2.75) is 43.4 Å². The molecule has 156 valence electrons. The van der Waals surface area contributed by atoms with Crippen molar-refractivity contribution in [3.8, 4) is 12.3 Å². The van der Waals surface area contributed by atoms with Crippen molar-refractivity contribution in [2.24, 2.45) is 5.92 Å². The van der Waals surface area contributed by atoms with E-state index in [-0.39, 0.29) is 18.1 Å². The Hall–Kier alpha value is -2.39. The van der Waals surface area contributed by atoms with Crippen molar-refractivity contribution in [1.29, 1.82) is 0 Å². The molecule has 5 heterocycles. The summed E-state index contributed by atoms with van der Waals surface area (Å²) in [7, 11) is 0. The topological polar surface area (TPSA) is 59.8 Å². The number of benzene rings is 1. The fourth-order valence-corrected chi connectivity index (χ4v) is 5.60. The molecule has 3 atom stereocenters. The van der Waals surface area contributed by atoms with Gasteiger partial charge in [0, 0.05) is 25.1 Å². The average Bonchev–Trinajstić information content (AvgIpc) is 3.21. The van der Waals surface area contributed by atoms with Gasteiger partial charge in [-0.05, 0) is 49.9 Å². The van der Waals surface area contributed by atoms with Gasteiger partial charge in [-0.25, -0.2) is 4.98 Å². The minimum absolute atomic E-state index is 0.152. The van der Waals surface area contributed by atoms with Crippen LogP contribution in [-0.2, 0) is 12.0 Å². The smallest absolute Gasteiger partial charge is 0.128 e. The van der Waals surface area contributed by atoms with E-state index in [0.29, 0.717) is 13.0 Å². The highest BCUT2D eigenvalue weighted by Gasteiger charge is 2.54. The summed E-state index contributed by atoms with van der Waals surface area (Å²) < 4.78 is 0. The van der Waals surface area contributed by atoms with E-state index in [4.69, 9.17) is 11.4 Å². The van der Waals surface area contributed by atoms with Gasteiger partial charge in [0.1, 0.15) is 17.5 Å². The molecule has 0 saturated carbocycles. The highest BCUT2D eigenvalue weighted by Crippen LogP contribution is 2.47. The summed E-state index contributed by atoms with van der Waals surface area (Å²) in [6.07, 6.45) is 8.96. The maximum atomic E-state index is 12.1. The molecule has 30 heavy (non-hydrogen) atoms. The Labute approximate surface area is 178 Å². The first kappa shape index (κ1) is 19.6. The first-order valence-electron chi connectivity index (χ1n) is 11.0. The third-order valence-electron chi connectivity index (χ3n) is 7.18. The van der Waals surface area contributed by atoms with Crippen LogP contribution in [0.3, 0.4) is 0 Å². The van der Waals surface area contributed by atoms with Gasteiger partial charge in [0.25, 0.3) is 0 Å². The van der Waals surface area contributed by atoms with Gasteiger partial charge in [0.15, 0.2) is 0 Å². The van der Waals surface area contributed by atoms with Crippen molar-refractivity contribution in [1.82, 2.24) is 9.88 Å². The lowest BCUT2D eigenvalue weighted by Crippen LogP contribution is -2.63. The van der Waals surface area contributed by atoms with Crippen LogP contribution in [0.2, 0.25) is 0 Å². The summed E-state index contributed by atoms with van der Waals surface area (Å²) in [5.74, 6) is 3.91. The predicted molar refractivity (Wildman–Crippen MR) is 117 cm³/mol. The fraction of sp³-hybridized carbons (Fsp3) is 0.480. The van der Waals surface area contributed by atoms with Crippen LogP contribution in [0.1, 0.15) is 36.1 Å². The molecule has 0 spiro atoms. The molecule has 5 heteroatoms. The number of aliphatic hydroxyl groups excluding tert-OH is 1. The van der Waals surface area contributed by atoms with Crippen molar-refractivity contribution in [2.75, 3.05) is 31.1 Å². The van der Waals surface area contributed by atoms with Crippen molar-refractivity contribution in [3.63, 3.8) is 0 Å². The molecular weight excluding hydrogens is 374 g/mol. The molecule has 6 rings (SSSR count). The molecule has 1 aromatic carbocycles. The van der Waals surface area contributed by atoms with Crippen molar-refractivity contribution >= 4 is 5.82 Å². The molecular formula is C25H29N3O2. The minimum Gasteiger partial charge on any atom is -0.391 e. The van der Waals surface area contributed by atoms with E-state index < -0.39 is 5.60 Å². The summed E-state index contributed by atoms with van der Waals surface area (Å²) in [4.78, 5) is 9.40. The van der Waals surface area contributed by atoms with E-state index in [1.165, 1.54) is 0 Å². The first-order valence-corrected chi connectivity index (χ1v) is 11.0. The standard InChI is InChI=1S/C25H29N3O2/c1-2-23-25(30,19-10-13-27(23)14-11-19)21-8-9-24(28-15-12-20(29)17-28)26-22(21)16-18-6-4-3-5-7-18/h1,3-9,19-20,23,29-30H,10-17H2/t20-,23?,25+/m0/s1. The molecule has 0 amide bonds. The lowest BCUT2D eigenvalue weighted by Gasteiger charge is -2.54. The van der Waals surface area contributed by atoms with Crippen LogP contribution in [0, 0.1) is 18.3 Å². The Morgan fingerprint density at radius 3 is 2.50 bits per heavy atom. The van der Waals surface area contributed by atoms with Crippen LogP contribution < -0.4 is 4.90 Å². The summed E-state index contributed by atoms with van der Waals surface area (Å²) in [6, 6.07) is 14.0. The molecule has 2 N–H and O–H groups in total. The van der Waals surface area contributed by atoms with Gasteiger partial charge in [-0.1, -0.05) is 42.3 Å². The predicted octanol–water partition coefficient (Wildman–Crippen LogP) is 2.16. The number of hydrogen-bond acceptors (Lipinski definition) is 5. The minimum atomic E-state index is -1.08. The van der Waals surface area contributed by atoms with Gasteiger partial charge in [-0.15, -0.1) is 6.42 Å². The van der Waals surface area contributed by atoms with Crippen LogP contribution in [0.25, 0.3) is 0 Å². The summed E-state index contributed by atoms with van der Waals surface area (Å²) >= 11 is 0. The molecule has 2 aromatic rings. The van der Waals surface area contributed by atoms with E-state index in [2.05, 4.69) is 27.9 Å². The number of terminal acetylenes is 1. The molecule has 2 bridgehead atoms. The van der Waals surface area contributed by atoms with Crippen LogP contribution in [0.4, 0.5) is 5.82 Å². The zero-order chi connectivity index (χ0) is 20.7. The monoisotopic (exact) mass is 403 g/mol. The highest BCUT2D eigenvalue weighted by atomic mass is 16.3. The number of aromatic nitrogens is 1. The zero-order valence-electron chi connectivity index (χ0n) is 17.2. The van der Waals surface area contributed by atoms with Crippen LogP contribution in [0.5, 0.6) is 0 Å². The Morgan fingerprint density at radius 1 is 1.07 bits per heavy atom. The third kappa shape index (κ3) is 3.20. The van der Waals surface area contributed by atoms with Gasteiger partial charge in [0.05, 0.1) is 11.8 Å². The number of hydrogen-bond donors (Lipinski definition) is 2. The molecule has 4 saturated heterocycles. The van der Waals surface area contributed by atoms with Crippen LogP contribution in [-0.4, -0.2) is 58.4 Å². The Kier molecular flexibility index (Phi) is 5.02. The molecule has 4 fully saturated rings. The zero-order valence-corrected chi connectivity index (χ0v) is 17.2. The molecule has 1 unspecified atom stereocenters. The SMILES string of the molecule is C#CC1N2CCC(CC2)[C@@]1(O)c1ccc(N2CC[C@H](O)C2)nc1Cc1ccccc1. The second-order valence-corrected chi connectivity index (χ2v) is 8.92. The molecule has 4 aliphatic rings. The summed E-state index contributed by atoms with van der Waals surface area (Å²) in [6.45, 7) is 3.30. The number of nitrogens with zero attached hydrogens (tertiary/aromatic N) is 3. The van der Waals surface area contributed by atoms with Crippen LogP contribution >= 0.6 is 0 Å². The molecule has 5 nitrogen and oxygen atoms in total. The second kappa shape index (κ2) is 7.70. The maximum absolute atomic E-state index is 12.1. The van der Waals surface area contributed by atoms with Gasteiger partial charge < -0.3 is 15.1 Å². The van der Waals surface area contributed by atoms with Gasteiger partial charge in [0.2, 0.25) is 0 Å². The number of anilines is 1. The lowest BCUT2D eigenvalue weighted by atomic mass is 9.66. The van der Waals surface area contributed by atoms with Crippen molar-refractivity contribution < 1.29 is 10.2 Å². The normalized spacial score (nSPS) is 32.9. The van der Waals surface area contributed by atoms with Crippen molar-refractivity contribution in [3.05, 3.63) is 59.3 Å². The van der Waals surface area contributed by atoms with Gasteiger partial charge in [-0.3, -0.25) is 4.90 Å². The second-order valence-electron chi connectivity index (χ2n) is 8.92. The van der Waals surface area contributed by atoms with E-state index in [9.17, 15) is 10.2 Å². The molecule has 0 aliphatic carbocycles. The quantitative estimate of drug-likeness (QED) is 0.767. The highest BCUT2D eigenvalue weighted by molar-refractivity contribution is 5.47. The number of fused-ring (bicyclic) bond motifs is 3. The molecule has 0 radical (unpaired) electrons. The van der Waals surface area contributed by atoms with E-state index in [1.807, 2.05) is 30.3 Å². The van der Waals surface area contributed by atoms with Gasteiger partial charge >= 0.3 is 0 Å². The Morgan fingerprint density at radius 2 is 1.83 bits per heavy atom. The number of β-amino-alcohol motifs (C(OH)–C–C–N with tert-alkyl or cyclic N) is 1. The number of aliphatic hydroxyl groups is 2. The Bertz CT molecular complexity index is 949. The molecule has 1 aromatic heterocycles. The van der Waals surface area contributed by atoms with E-state index in [0.717, 1.165) is 61.5 Å². The van der Waals surface area contributed by atoms with Gasteiger partial charge in [-0.2, -0.15) is 0 Å². The third-order valence-corrected chi connectivity index (χ3v) is 7.18. The molecule has 4 aliphatic heterocycles. The number of rotatable bonds is 4.